The number of aliphatic hydroxyl groups is 1. The Hall–Kier alpha value is -0.650. The summed E-state index contributed by atoms with van der Waals surface area (Å²) < 4.78 is 4.93. The number of nitrogens with two attached hydrogens (primary N) is 1. The van der Waals surface area contributed by atoms with Crippen molar-refractivity contribution in [1.82, 2.24) is 4.90 Å². The quantitative estimate of drug-likeness (QED) is 0.578. The highest BCUT2D eigenvalue weighted by molar-refractivity contribution is 5.78. The largest absolute Gasteiger partial charge is 0.395 e. The zero-order valence-electron chi connectivity index (χ0n) is 10.3. The van der Waals surface area contributed by atoms with Crippen molar-refractivity contribution >= 4 is 5.91 Å². The Morgan fingerprint density at radius 1 is 1.50 bits per heavy atom. The summed E-state index contributed by atoms with van der Waals surface area (Å²) in [7, 11) is 1.60. The lowest BCUT2D eigenvalue weighted by atomic mass is 10.0. The lowest BCUT2D eigenvalue weighted by Crippen LogP contribution is -2.39. The molecule has 1 amide bonds. The summed E-state index contributed by atoms with van der Waals surface area (Å²) in [6, 6.07) is 0. The van der Waals surface area contributed by atoms with Crippen LogP contribution in [-0.4, -0.2) is 55.9 Å². The summed E-state index contributed by atoms with van der Waals surface area (Å²) in [5, 5.41) is 8.89. The first-order valence-electron chi connectivity index (χ1n) is 5.76. The van der Waals surface area contributed by atoms with Crippen LogP contribution in [0, 0.1) is 5.92 Å². The molecule has 0 aliphatic rings. The highest BCUT2D eigenvalue weighted by Crippen LogP contribution is 2.09. The van der Waals surface area contributed by atoms with Gasteiger partial charge in [-0.3, -0.25) is 4.79 Å². The van der Waals surface area contributed by atoms with Gasteiger partial charge in [-0.2, -0.15) is 0 Å². The van der Waals surface area contributed by atoms with Crippen molar-refractivity contribution in [2.24, 2.45) is 11.7 Å². The normalized spacial score (nSPS) is 12.5. The van der Waals surface area contributed by atoms with Crippen LogP contribution in [0.2, 0.25) is 0 Å². The van der Waals surface area contributed by atoms with Gasteiger partial charge in [0.1, 0.15) is 0 Å². The molecular formula is C11H24N2O3. The molecule has 0 bridgehead atoms. The molecule has 0 aromatic rings. The van der Waals surface area contributed by atoms with E-state index in [1.807, 2.05) is 6.92 Å². The lowest BCUT2D eigenvalue weighted by Gasteiger charge is -2.24. The van der Waals surface area contributed by atoms with Gasteiger partial charge < -0.3 is 20.5 Å². The average molecular weight is 232 g/mol. The van der Waals surface area contributed by atoms with Gasteiger partial charge in [-0.15, -0.1) is 0 Å². The SMILES string of the molecule is COCCN(CCO)C(=O)C(C)CCCN. The fraction of sp³-hybridized carbons (Fsp3) is 0.909. The van der Waals surface area contributed by atoms with Gasteiger partial charge in [0.25, 0.3) is 0 Å². The summed E-state index contributed by atoms with van der Waals surface area (Å²) in [6.45, 7) is 3.89. The minimum atomic E-state index is -0.0352. The molecule has 0 aromatic carbocycles. The smallest absolute Gasteiger partial charge is 0.225 e. The van der Waals surface area contributed by atoms with Crippen molar-refractivity contribution in [3.63, 3.8) is 0 Å². The molecule has 16 heavy (non-hydrogen) atoms. The molecule has 1 unspecified atom stereocenters. The molecule has 96 valence electrons. The number of carbonyl (C=O) groups excluding carboxylic acids is 1. The Bertz CT molecular complexity index is 188. The maximum atomic E-state index is 12.0. The number of hydrogen-bond donors (Lipinski definition) is 2. The molecule has 5 heteroatoms. The molecule has 5 nitrogen and oxygen atoms in total. The van der Waals surface area contributed by atoms with E-state index < -0.39 is 0 Å². The number of carbonyl (C=O) groups is 1. The zero-order valence-corrected chi connectivity index (χ0v) is 10.3. The van der Waals surface area contributed by atoms with Crippen LogP contribution in [0.25, 0.3) is 0 Å². The Labute approximate surface area is 97.6 Å². The van der Waals surface area contributed by atoms with Crippen LogP contribution >= 0.6 is 0 Å². The molecule has 0 rings (SSSR count). The first-order valence-corrected chi connectivity index (χ1v) is 5.76. The number of ether oxygens (including phenoxy) is 1. The van der Waals surface area contributed by atoms with Crippen LogP contribution < -0.4 is 5.73 Å². The van der Waals surface area contributed by atoms with Crippen molar-refractivity contribution in [3.05, 3.63) is 0 Å². The topological polar surface area (TPSA) is 75.8 Å². The zero-order chi connectivity index (χ0) is 12.4. The molecule has 0 spiro atoms. The molecular weight excluding hydrogens is 208 g/mol. The number of amides is 1. The highest BCUT2D eigenvalue weighted by Gasteiger charge is 2.19. The van der Waals surface area contributed by atoms with Gasteiger partial charge in [0.2, 0.25) is 5.91 Å². The minimum Gasteiger partial charge on any atom is -0.395 e. The van der Waals surface area contributed by atoms with Gasteiger partial charge in [-0.1, -0.05) is 6.92 Å². The van der Waals surface area contributed by atoms with Crippen molar-refractivity contribution in [2.75, 3.05) is 40.0 Å². The monoisotopic (exact) mass is 232 g/mol. The van der Waals surface area contributed by atoms with Gasteiger partial charge in [0.05, 0.1) is 13.2 Å². The highest BCUT2D eigenvalue weighted by atomic mass is 16.5. The molecule has 0 saturated carbocycles. The fourth-order valence-electron chi connectivity index (χ4n) is 1.51. The second-order valence-corrected chi connectivity index (χ2v) is 3.87. The summed E-state index contributed by atoms with van der Waals surface area (Å²) >= 11 is 0. The van der Waals surface area contributed by atoms with Gasteiger partial charge in [-0.05, 0) is 19.4 Å². The maximum absolute atomic E-state index is 12.0. The van der Waals surface area contributed by atoms with Gasteiger partial charge >= 0.3 is 0 Å². The number of rotatable bonds is 9. The van der Waals surface area contributed by atoms with E-state index in [0.717, 1.165) is 12.8 Å². The predicted octanol–water partition coefficient (Wildman–Crippen LogP) is -0.171. The molecule has 0 aliphatic carbocycles. The Balaban J connectivity index is 4.12. The summed E-state index contributed by atoms with van der Waals surface area (Å²) in [5.41, 5.74) is 5.41. The number of nitrogens with zero attached hydrogens (tertiary/aromatic N) is 1. The Kier molecular flexibility index (Phi) is 9.18. The average Bonchev–Trinajstić information content (AvgIpc) is 2.30. The van der Waals surface area contributed by atoms with Gasteiger partial charge in [0, 0.05) is 26.1 Å². The van der Waals surface area contributed by atoms with Crippen molar-refractivity contribution in [3.8, 4) is 0 Å². The molecule has 0 fully saturated rings. The summed E-state index contributed by atoms with van der Waals surface area (Å²) in [6.07, 6.45) is 1.65. The molecule has 0 aromatic heterocycles. The van der Waals surface area contributed by atoms with Gasteiger partial charge in [0.15, 0.2) is 0 Å². The third-order valence-electron chi connectivity index (χ3n) is 2.51. The lowest BCUT2D eigenvalue weighted by molar-refractivity contribution is -0.136. The maximum Gasteiger partial charge on any atom is 0.225 e. The van der Waals surface area contributed by atoms with Crippen molar-refractivity contribution in [2.45, 2.75) is 19.8 Å². The Morgan fingerprint density at radius 2 is 2.19 bits per heavy atom. The number of aliphatic hydroxyl groups excluding tert-OH is 1. The standard InChI is InChI=1S/C11H24N2O3/c1-10(4-3-5-12)11(15)13(6-8-14)7-9-16-2/h10,14H,3-9,12H2,1-2H3. The van der Waals surface area contributed by atoms with E-state index in [4.69, 9.17) is 15.6 Å². The van der Waals surface area contributed by atoms with E-state index in [-0.39, 0.29) is 18.4 Å². The van der Waals surface area contributed by atoms with Crippen LogP contribution in [0.5, 0.6) is 0 Å². The molecule has 1 atom stereocenters. The van der Waals surface area contributed by atoms with E-state index >= 15 is 0 Å². The minimum absolute atomic E-state index is 0.0148. The third kappa shape index (κ3) is 6.05. The van der Waals surface area contributed by atoms with Crippen LogP contribution in [-0.2, 0) is 9.53 Å². The van der Waals surface area contributed by atoms with Crippen LogP contribution in [0.3, 0.4) is 0 Å². The first kappa shape index (κ1) is 15.3. The summed E-state index contributed by atoms with van der Waals surface area (Å²) in [5.74, 6) is 0.0338. The first-order chi connectivity index (χ1) is 7.67. The summed E-state index contributed by atoms with van der Waals surface area (Å²) in [4.78, 5) is 13.6. The van der Waals surface area contributed by atoms with E-state index in [1.54, 1.807) is 12.0 Å². The number of methoxy groups -OCH3 is 1. The van der Waals surface area contributed by atoms with Crippen LogP contribution in [0.1, 0.15) is 19.8 Å². The second-order valence-electron chi connectivity index (χ2n) is 3.87. The van der Waals surface area contributed by atoms with Crippen LogP contribution in [0.4, 0.5) is 0 Å². The fourth-order valence-corrected chi connectivity index (χ4v) is 1.51. The number of hydrogen-bond acceptors (Lipinski definition) is 4. The van der Waals surface area contributed by atoms with Gasteiger partial charge in [-0.25, -0.2) is 0 Å². The van der Waals surface area contributed by atoms with E-state index in [1.165, 1.54) is 0 Å². The van der Waals surface area contributed by atoms with Crippen molar-refractivity contribution < 1.29 is 14.6 Å². The van der Waals surface area contributed by atoms with E-state index in [9.17, 15) is 4.79 Å². The Morgan fingerprint density at radius 3 is 2.69 bits per heavy atom. The third-order valence-corrected chi connectivity index (χ3v) is 2.51. The molecule has 0 radical (unpaired) electrons. The van der Waals surface area contributed by atoms with E-state index in [0.29, 0.717) is 26.2 Å². The molecule has 0 saturated heterocycles. The van der Waals surface area contributed by atoms with Crippen molar-refractivity contribution in [1.29, 1.82) is 0 Å². The van der Waals surface area contributed by atoms with E-state index in [2.05, 4.69) is 0 Å². The predicted molar refractivity (Wildman–Crippen MR) is 63.0 cm³/mol. The van der Waals surface area contributed by atoms with Crippen LogP contribution in [0.15, 0.2) is 0 Å². The second kappa shape index (κ2) is 9.57. The molecule has 3 N–H and O–H groups in total. The molecule has 0 aliphatic heterocycles. The molecule has 0 heterocycles.